The molecular formula is C19H14N2O3S. The fraction of sp³-hybridized carbons (Fsp3) is 0.0526. The maximum absolute atomic E-state index is 12.0. The van der Waals surface area contributed by atoms with Gasteiger partial charge in [0, 0.05) is 15.9 Å². The third-order valence-electron chi connectivity index (χ3n) is 3.65. The molecule has 2 aromatic heterocycles. The molecule has 25 heavy (non-hydrogen) atoms. The Kier molecular flexibility index (Phi) is 3.95. The molecule has 2 aromatic carbocycles. The standard InChI is InChI=1S/C19H14N2O3S/c1-12-17-16(11-25-12)18(22)24-19(21-17)20-13-7-9-15(10-8-13)23-14-5-3-2-4-6-14/h2-11H,1H3,(H,20,21). The van der Waals surface area contributed by atoms with E-state index in [1.165, 1.54) is 11.3 Å². The summed E-state index contributed by atoms with van der Waals surface area (Å²) in [6.07, 6.45) is 0. The van der Waals surface area contributed by atoms with Gasteiger partial charge in [0.2, 0.25) is 0 Å². The Hall–Kier alpha value is -3.12. The van der Waals surface area contributed by atoms with E-state index in [1.54, 1.807) is 5.38 Å². The summed E-state index contributed by atoms with van der Waals surface area (Å²) in [5.41, 5.74) is 1.04. The highest BCUT2D eigenvalue weighted by Gasteiger charge is 2.10. The van der Waals surface area contributed by atoms with E-state index in [1.807, 2.05) is 61.5 Å². The minimum absolute atomic E-state index is 0.177. The molecule has 0 aliphatic carbocycles. The van der Waals surface area contributed by atoms with E-state index < -0.39 is 0 Å². The molecule has 4 rings (SSSR count). The minimum Gasteiger partial charge on any atom is -0.457 e. The van der Waals surface area contributed by atoms with E-state index in [4.69, 9.17) is 9.15 Å². The highest BCUT2D eigenvalue weighted by Crippen LogP contribution is 2.25. The SMILES string of the molecule is Cc1scc2c(=O)oc(Nc3ccc(Oc4ccccc4)cc3)nc12. The van der Waals surface area contributed by atoms with Crippen molar-refractivity contribution < 1.29 is 9.15 Å². The summed E-state index contributed by atoms with van der Waals surface area (Å²) in [7, 11) is 0. The Morgan fingerprint density at radius 2 is 1.76 bits per heavy atom. The van der Waals surface area contributed by atoms with E-state index in [-0.39, 0.29) is 11.6 Å². The molecule has 124 valence electrons. The second-order valence-electron chi connectivity index (χ2n) is 5.43. The van der Waals surface area contributed by atoms with Crippen molar-refractivity contribution in [3.63, 3.8) is 0 Å². The molecule has 0 saturated carbocycles. The molecule has 2 heterocycles. The van der Waals surface area contributed by atoms with Gasteiger partial charge in [0.15, 0.2) is 0 Å². The van der Waals surface area contributed by atoms with Crippen molar-refractivity contribution in [3.05, 3.63) is 75.3 Å². The van der Waals surface area contributed by atoms with Gasteiger partial charge in [-0.05, 0) is 43.3 Å². The number of hydrogen-bond acceptors (Lipinski definition) is 6. The average molecular weight is 350 g/mol. The molecular weight excluding hydrogens is 336 g/mol. The average Bonchev–Trinajstić information content (AvgIpc) is 2.99. The van der Waals surface area contributed by atoms with Crippen molar-refractivity contribution in [1.29, 1.82) is 0 Å². The molecule has 0 aliphatic heterocycles. The first kappa shape index (κ1) is 15.4. The molecule has 0 atom stereocenters. The van der Waals surface area contributed by atoms with Crippen molar-refractivity contribution >= 4 is 33.9 Å². The maximum Gasteiger partial charge on any atom is 0.348 e. The van der Waals surface area contributed by atoms with Gasteiger partial charge < -0.3 is 14.5 Å². The highest BCUT2D eigenvalue weighted by atomic mass is 32.1. The summed E-state index contributed by atoms with van der Waals surface area (Å²) in [4.78, 5) is 17.4. The topological polar surface area (TPSA) is 64.4 Å². The molecule has 0 aliphatic rings. The lowest BCUT2D eigenvalue weighted by Crippen LogP contribution is -2.04. The summed E-state index contributed by atoms with van der Waals surface area (Å²) in [6.45, 7) is 1.93. The van der Waals surface area contributed by atoms with E-state index >= 15 is 0 Å². The Balaban J connectivity index is 1.55. The number of rotatable bonds is 4. The predicted molar refractivity (Wildman–Crippen MR) is 99.1 cm³/mol. The Morgan fingerprint density at radius 1 is 1.04 bits per heavy atom. The normalized spacial score (nSPS) is 10.8. The van der Waals surface area contributed by atoms with Crippen LogP contribution in [-0.4, -0.2) is 4.98 Å². The van der Waals surface area contributed by atoms with Crippen molar-refractivity contribution in [2.45, 2.75) is 6.92 Å². The number of nitrogens with one attached hydrogen (secondary N) is 1. The Morgan fingerprint density at radius 3 is 2.52 bits per heavy atom. The van der Waals surface area contributed by atoms with Gasteiger partial charge in [-0.1, -0.05) is 18.2 Å². The molecule has 0 saturated heterocycles. The van der Waals surface area contributed by atoms with Crippen LogP contribution >= 0.6 is 11.3 Å². The summed E-state index contributed by atoms with van der Waals surface area (Å²) in [6, 6.07) is 17.1. The second kappa shape index (κ2) is 6.41. The number of aryl methyl sites for hydroxylation is 1. The van der Waals surface area contributed by atoms with Crippen molar-refractivity contribution in [3.8, 4) is 11.5 Å². The lowest BCUT2D eigenvalue weighted by atomic mass is 10.3. The van der Waals surface area contributed by atoms with Gasteiger partial charge in [-0.2, -0.15) is 4.98 Å². The Bertz CT molecular complexity index is 1070. The zero-order chi connectivity index (χ0) is 17.2. The Labute approximate surface area is 147 Å². The van der Waals surface area contributed by atoms with Crippen LogP contribution in [0.25, 0.3) is 10.9 Å². The van der Waals surface area contributed by atoms with E-state index in [9.17, 15) is 4.79 Å². The molecule has 0 radical (unpaired) electrons. The van der Waals surface area contributed by atoms with E-state index in [0.29, 0.717) is 10.9 Å². The smallest absolute Gasteiger partial charge is 0.348 e. The number of ether oxygens (including phenoxy) is 1. The molecule has 1 N–H and O–H groups in total. The van der Waals surface area contributed by atoms with Crippen LogP contribution in [0.4, 0.5) is 11.7 Å². The first-order valence-electron chi connectivity index (χ1n) is 7.68. The van der Waals surface area contributed by atoms with Crippen molar-refractivity contribution in [2.24, 2.45) is 0 Å². The number of nitrogens with zero attached hydrogens (tertiary/aromatic N) is 1. The zero-order valence-corrected chi connectivity index (χ0v) is 14.2. The molecule has 5 nitrogen and oxygen atoms in total. The first-order chi connectivity index (χ1) is 12.2. The lowest BCUT2D eigenvalue weighted by molar-refractivity contribution is 0.482. The maximum atomic E-state index is 12.0. The zero-order valence-electron chi connectivity index (χ0n) is 13.4. The highest BCUT2D eigenvalue weighted by molar-refractivity contribution is 7.11. The number of benzene rings is 2. The van der Waals surface area contributed by atoms with Crippen LogP contribution in [-0.2, 0) is 0 Å². The molecule has 0 unspecified atom stereocenters. The molecule has 0 fully saturated rings. The van der Waals surface area contributed by atoms with Gasteiger partial charge in [0.1, 0.15) is 11.5 Å². The number of para-hydroxylation sites is 1. The predicted octanol–water partition coefficient (Wildman–Crippen LogP) is 5.09. The summed E-state index contributed by atoms with van der Waals surface area (Å²) >= 11 is 1.48. The van der Waals surface area contributed by atoms with E-state index in [2.05, 4.69) is 10.3 Å². The van der Waals surface area contributed by atoms with Crippen molar-refractivity contribution in [2.75, 3.05) is 5.32 Å². The van der Waals surface area contributed by atoms with Gasteiger partial charge >= 0.3 is 11.6 Å². The number of aromatic nitrogens is 1. The molecule has 4 aromatic rings. The fourth-order valence-corrected chi connectivity index (χ4v) is 3.18. The van der Waals surface area contributed by atoms with Crippen LogP contribution in [0.2, 0.25) is 0 Å². The fourth-order valence-electron chi connectivity index (χ4n) is 2.41. The number of fused-ring (bicyclic) bond motifs is 1. The first-order valence-corrected chi connectivity index (χ1v) is 8.56. The lowest BCUT2D eigenvalue weighted by Gasteiger charge is -2.07. The third kappa shape index (κ3) is 3.25. The van der Waals surface area contributed by atoms with Crippen LogP contribution in [0.15, 0.2) is 69.2 Å². The molecule has 6 heteroatoms. The van der Waals surface area contributed by atoms with Crippen LogP contribution in [0.3, 0.4) is 0 Å². The molecule has 0 spiro atoms. The number of hydrogen-bond donors (Lipinski definition) is 1. The number of thiophene rings is 1. The van der Waals surface area contributed by atoms with Gasteiger partial charge in [0.25, 0.3) is 0 Å². The molecule has 0 bridgehead atoms. The van der Waals surface area contributed by atoms with Crippen molar-refractivity contribution in [1.82, 2.24) is 4.98 Å². The van der Waals surface area contributed by atoms with Crippen LogP contribution in [0, 0.1) is 6.92 Å². The third-order valence-corrected chi connectivity index (χ3v) is 4.55. The number of anilines is 2. The van der Waals surface area contributed by atoms with Gasteiger partial charge in [-0.3, -0.25) is 0 Å². The largest absolute Gasteiger partial charge is 0.457 e. The quantitative estimate of drug-likeness (QED) is 0.555. The van der Waals surface area contributed by atoms with Crippen LogP contribution in [0.5, 0.6) is 11.5 Å². The second-order valence-corrected chi connectivity index (χ2v) is 6.51. The van der Waals surface area contributed by atoms with Gasteiger partial charge in [-0.25, -0.2) is 4.79 Å². The summed E-state index contributed by atoms with van der Waals surface area (Å²) < 4.78 is 11.0. The summed E-state index contributed by atoms with van der Waals surface area (Å²) in [5.74, 6) is 1.49. The van der Waals surface area contributed by atoms with Gasteiger partial charge in [-0.15, -0.1) is 11.3 Å². The summed E-state index contributed by atoms with van der Waals surface area (Å²) in [5, 5.41) is 5.30. The monoisotopic (exact) mass is 350 g/mol. The van der Waals surface area contributed by atoms with Crippen LogP contribution in [0.1, 0.15) is 4.88 Å². The molecule has 0 amide bonds. The van der Waals surface area contributed by atoms with Crippen LogP contribution < -0.4 is 15.7 Å². The van der Waals surface area contributed by atoms with E-state index in [0.717, 1.165) is 22.1 Å². The van der Waals surface area contributed by atoms with Gasteiger partial charge in [0.05, 0.1) is 10.9 Å². The minimum atomic E-state index is -0.388.